The number of esters is 1. The Kier molecular flexibility index (Phi) is 10.5. The molecule has 0 spiro atoms. The number of aromatic nitrogens is 1. The average Bonchev–Trinajstić information content (AvgIpc) is 2.78. The van der Waals surface area contributed by atoms with Crippen LogP contribution in [0.25, 0.3) is 17.2 Å². The highest BCUT2D eigenvalue weighted by Gasteiger charge is 2.23. The van der Waals surface area contributed by atoms with Crippen LogP contribution < -0.4 is 4.90 Å². The van der Waals surface area contributed by atoms with Crippen LogP contribution in [0.15, 0.2) is 30.3 Å². The third-order valence-electron chi connectivity index (χ3n) is 5.31. The van der Waals surface area contributed by atoms with Crippen molar-refractivity contribution in [3.8, 4) is 11.1 Å². The van der Waals surface area contributed by atoms with E-state index in [1.54, 1.807) is 32.2 Å². The Morgan fingerprint density at radius 1 is 1.20 bits per heavy atom. The summed E-state index contributed by atoms with van der Waals surface area (Å²) in [6, 6.07) is 6.19. The van der Waals surface area contributed by atoms with E-state index in [4.69, 9.17) is 14.5 Å². The number of aliphatic hydroxyl groups excluding tert-OH is 1. The Morgan fingerprint density at radius 2 is 1.86 bits per heavy atom. The second-order valence-corrected chi connectivity index (χ2v) is 8.73. The number of nitrogens with zero attached hydrogens (tertiary/aromatic N) is 2. The first kappa shape index (κ1) is 28.1. The van der Waals surface area contributed by atoms with E-state index in [-0.39, 0.29) is 31.2 Å². The fourth-order valence-electron chi connectivity index (χ4n) is 3.81. The molecule has 0 fully saturated rings. The number of rotatable bonds is 12. The molecule has 1 aromatic heterocycles. The van der Waals surface area contributed by atoms with Crippen LogP contribution in [0.3, 0.4) is 0 Å². The van der Waals surface area contributed by atoms with Gasteiger partial charge in [0, 0.05) is 38.8 Å². The predicted octanol–water partition coefficient (Wildman–Crippen LogP) is 4.51. The molecule has 0 aliphatic rings. The number of ketones is 1. The number of benzene rings is 1. The summed E-state index contributed by atoms with van der Waals surface area (Å²) >= 11 is 0. The summed E-state index contributed by atoms with van der Waals surface area (Å²) in [5, 5.41) is 10.5. The molecular formula is C27H35FN2O5. The van der Waals surface area contributed by atoms with E-state index < -0.39 is 17.9 Å². The molecule has 0 unspecified atom stereocenters. The molecule has 8 heteroatoms. The van der Waals surface area contributed by atoms with Crippen molar-refractivity contribution in [2.75, 3.05) is 32.7 Å². The van der Waals surface area contributed by atoms with E-state index in [0.717, 1.165) is 22.4 Å². The first-order valence-corrected chi connectivity index (χ1v) is 11.6. The van der Waals surface area contributed by atoms with Gasteiger partial charge < -0.3 is 19.5 Å². The molecule has 2 aromatic rings. The topological polar surface area (TPSA) is 89.0 Å². The highest BCUT2D eigenvalue weighted by Crippen LogP contribution is 2.38. The molecule has 1 heterocycles. The van der Waals surface area contributed by atoms with Crippen molar-refractivity contribution < 1.29 is 28.6 Å². The van der Waals surface area contributed by atoms with Crippen LogP contribution in [0.1, 0.15) is 56.4 Å². The highest BCUT2D eigenvalue weighted by atomic mass is 19.1. The maximum absolute atomic E-state index is 13.7. The van der Waals surface area contributed by atoms with Crippen LogP contribution in [-0.2, 0) is 25.7 Å². The van der Waals surface area contributed by atoms with Crippen molar-refractivity contribution in [3.63, 3.8) is 0 Å². The molecule has 0 aliphatic heterocycles. The number of Topliss-reactive ketones (excluding diaryl/α,β-unsaturated/α-hetero) is 1. The Bertz CT molecular complexity index is 1050. The first-order valence-electron chi connectivity index (χ1n) is 11.6. The lowest BCUT2D eigenvalue weighted by molar-refractivity contribution is -0.145. The summed E-state index contributed by atoms with van der Waals surface area (Å²) in [5.41, 5.74) is 4.02. The molecule has 7 nitrogen and oxygen atoms in total. The maximum atomic E-state index is 13.7. The number of methoxy groups -OCH3 is 1. The number of pyridine rings is 1. The number of carbonyl (C=O) groups excluding carboxylic acids is 2. The normalized spacial score (nSPS) is 12.3. The van der Waals surface area contributed by atoms with Gasteiger partial charge in [-0.05, 0) is 36.1 Å². The standard InChI is InChI=1S/C27H35FN2O5/c1-7-35-24(33)15-21(32)14-20(31)12-13-22-25(18-8-10-19(28)11-9-18)23(16-34-6)26(17(2)3)29-27(22)30(4)5/h8-13,17,20,31H,7,14-16H2,1-6H3/b13-12+/t20-/m1/s1. The van der Waals surface area contributed by atoms with Crippen molar-refractivity contribution in [1.29, 1.82) is 0 Å². The molecule has 2 rings (SSSR count). The largest absolute Gasteiger partial charge is 0.466 e. The second kappa shape index (κ2) is 13.1. The minimum absolute atomic E-state index is 0.0992. The quantitative estimate of drug-likeness (QED) is 0.349. The number of aliphatic hydroxyl groups is 1. The molecular weight excluding hydrogens is 451 g/mol. The highest BCUT2D eigenvalue weighted by molar-refractivity contribution is 5.96. The van der Waals surface area contributed by atoms with Crippen LogP contribution in [0.4, 0.5) is 10.2 Å². The van der Waals surface area contributed by atoms with E-state index in [0.29, 0.717) is 18.0 Å². The molecule has 0 aliphatic carbocycles. The van der Waals surface area contributed by atoms with Gasteiger partial charge in [-0.3, -0.25) is 9.59 Å². The van der Waals surface area contributed by atoms with Crippen molar-refractivity contribution in [3.05, 3.63) is 53.0 Å². The summed E-state index contributed by atoms with van der Waals surface area (Å²) in [5.74, 6) is -0.614. The molecule has 0 amide bonds. The minimum atomic E-state index is -1.11. The van der Waals surface area contributed by atoms with Crippen LogP contribution in [0, 0.1) is 5.82 Å². The zero-order valence-corrected chi connectivity index (χ0v) is 21.3. The Hall–Kier alpha value is -3.10. The molecule has 0 bridgehead atoms. The number of anilines is 1. The molecule has 190 valence electrons. The Balaban J connectivity index is 2.59. The van der Waals surface area contributed by atoms with Gasteiger partial charge >= 0.3 is 5.97 Å². The average molecular weight is 487 g/mol. The van der Waals surface area contributed by atoms with Gasteiger partial charge in [-0.25, -0.2) is 9.37 Å². The van der Waals surface area contributed by atoms with Gasteiger partial charge in [-0.1, -0.05) is 38.1 Å². The van der Waals surface area contributed by atoms with Gasteiger partial charge in [0.2, 0.25) is 0 Å². The van der Waals surface area contributed by atoms with Crippen molar-refractivity contribution in [1.82, 2.24) is 4.98 Å². The van der Waals surface area contributed by atoms with Gasteiger partial charge in [0.25, 0.3) is 0 Å². The molecule has 35 heavy (non-hydrogen) atoms. The maximum Gasteiger partial charge on any atom is 0.313 e. The van der Waals surface area contributed by atoms with Crippen molar-refractivity contribution in [2.45, 2.75) is 52.2 Å². The third-order valence-corrected chi connectivity index (χ3v) is 5.31. The van der Waals surface area contributed by atoms with E-state index in [1.807, 2.05) is 32.8 Å². The third kappa shape index (κ3) is 7.70. The first-order chi connectivity index (χ1) is 16.6. The number of carbonyl (C=O) groups is 2. The number of hydrogen-bond acceptors (Lipinski definition) is 7. The summed E-state index contributed by atoms with van der Waals surface area (Å²) in [6.45, 7) is 6.24. The minimum Gasteiger partial charge on any atom is -0.466 e. The molecule has 1 aromatic carbocycles. The monoisotopic (exact) mass is 486 g/mol. The van der Waals surface area contributed by atoms with Gasteiger partial charge in [-0.2, -0.15) is 0 Å². The fraction of sp³-hybridized carbons (Fsp3) is 0.444. The van der Waals surface area contributed by atoms with Crippen molar-refractivity contribution >= 4 is 23.6 Å². The van der Waals surface area contributed by atoms with Gasteiger partial charge in [0.05, 0.1) is 25.0 Å². The van der Waals surface area contributed by atoms with Gasteiger partial charge in [0.15, 0.2) is 0 Å². The van der Waals surface area contributed by atoms with Crippen LogP contribution in [0.2, 0.25) is 0 Å². The molecule has 0 saturated heterocycles. The molecule has 1 N–H and O–H groups in total. The number of halogens is 1. The smallest absolute Gasteiger partial charge is 0.313 e. The lowest BCUT2D eigenvalue weighted by Crippen LogP contribution is -2.18. The van der Waals surface area contributed by atoms with Gasteiger partial charge in [0.1, 0.15) is 23.8 Å². The number of hydrogen-bond donors (Lipinski definition) is 1. The van der Waals surface area contributed by atoms with Crippen LogP contribution >= 0.6 is 0 Å². The lowest BCUT2D eigenvalue weighted by Gasteiger charge is -2.25. The van der Waals surface area contributed by atoms with Crippen LogP contribution in [-0.4, -0.2) is 55.8 Å². The van der Waals surface area contributed by atoms with Crippen LogP contribution in [0.5, 0.6) is 0 Å². The summed E-state index contributed by atoms with van der Waals surface area (Å²) in [7, 11) is 5.34. The van der Waals surface area contributed by atoms with E-state index in [1.165, 1.54) is 18.2 Å². The Labute approximate surface area is 206 Å². The zero-order valence-electron chi connectivity index (χ0n) is 21.3. The van der Waals surface area contributed by atoms with E-state index in [2.05, 4.69) is 0 Å². The molecule has 0 radical (unpaired) electrons. The lowest BCUT2D eigenvalue weighted by atomic mass is 9.90. The number of ether oxygens (including phenoxy) is 2. The summed E-state index contributed by atoms with van der Waals surface area (Å²) in [4.78, 5) is 30.5. The Morgan fingerprint density at radius 3 is 2.40 bits per heavy atom. The summed E-state index contributed by atoms with van der Waals surface area (Å²) < 4.78 is 24.0. The fourth-order valence-corrected chi connectivity index (χ4v) is 3.81. The van der Waals surface area contributed by atoms with E-state index >= 15 is 0 Å². The molecule has 0 saturated carbocycles. The summed E-state index contributed by atoms with van der Waals surface area (Å²) in [6.07, 6.45) is 1.51. The van der Waals surface area contributed by atoms with E-state index in [9.17, 15) is 19.1 Å². The zero-order chi connectivity index (χ0) is 26.1. The van der Waals surface area contributed by atoms with Crippen molar-refractivity contribution in [2.24, 2.45) is 0 Å². The molecule has 1 atom stereocenters. The SMILES string of the molecule is CCOC(=O)CC(=O)C[C@H](O)/C=C/c1c(N(C)C)nc(C(C)C)c(COC)c1-c1ccc(F)cc1. The predicted molar refractivity (Wildman–Crippen MR) is 135 cm³/mol. The van der Waals surface area contributed by atoms with Gasteiger partial charge in [-0.15, -0.1) is 0 Å². The second-order valence-electron chi connectivity index (χ2n) is 8.73.